The van der Waals surface area contributed by atoms with Crippen LogP contribution in [0.25, 0.3) is 0 Å². The predicted molar refractivity (Wildman–Crippen MR) is 49.9 cm³/mol. The van der Waals surface area contributed by atoms with Crippen LogP contribution in [-0.2, 0) is 9.35 Å². The third-order valence-electron chi connectivity index (χ3n) is 0.275. The van der Waals surface area contributed by atoms with Crippen LogP contribution in [-0.4, -0.2) is 166 Å². The van der Waals surface area contributed by atoms with Crippen molar-refractivity contribution >= 4 is 159 Å². The van der Waals surface area contributed by atoms with Crippen molar-refractivity contribution in [2.75, 3.05) is 0 Å². The van der Waals surface area contributed by atoms with Crippen LogP contribution in [0.3, 0.4) is 0 Å². The summed E-state index contributed by atoms with van der Waals surface area (Å²) in [5.74, 6) is 0. The van der Waals surface area contributed by atoms with Gasteiger partial charge in [-0.15, -0.1) is 0 Å². The van der Waals surface area contributed by atoms with Gasteiger partial charge in [-0.05, 0) is 0 Å². The quantitative estimate of drug-likeness (QED) is 0.180. The molecule has 0 unspecified atom stereocenters. The van der Waals surface area contributed by atoms with Crippen LogP contribution in [0.5, 0.6) is 0 Å². The molecule has 5 nitrogen and oxygen atoms in total. The molecule has 0 aromatic carbocycles. The molecule has 0 spiro atoms. The Morgan fingerprint density at radius 3 is 0.800 bits per heavy atom. The van der Waals surface area contributed by atoms with Crippen molar-refractivity contribution in [2.45, 2.75) is 0 Å². The van der Waals surface area contributed by atoms with Gasteiger partial charge in [-0.1, -0.05) is 0 Å². The van der Waals surface area contributed by atoms with E-state index in [1.54, 1.807) is 0 Å². The summed E-state index contributed by atoms with van der Waals surface area (Å²) in [4.78, 5) is 23.7. The minimum absolute atomic E-state index is 0. The fraction of sp³-hybridized carbons (Fsp3) is 0. The van der Waals surface area contributed by atoms with Crippen molar-refractivity contribution in [3.05, 3.63) is 0 Å². The fourth-order valence-electron chi connectivity index (χ4n) is 0.0447. The average molecular weight is 282 g/mol. The molecule has 0 amide bonds. The number of rotatable bonds is 0. The van der Waals surface area contributed by atoms with E-state index in [2.05, 4.69) is 9.35 Å². The zero-order valence-electron chi connectivity index (χ0n) is 2.61. The molecule has 54 valence electrons. The third-order valence-corrected chi connectivity index (χ3v) is 0.824. The topological polar surface area (TPSA) is 85.8 Å². The van der Waals surface area contributed by atoms with E-state index in [4.69, 9.17) is 14.7 Å². The van der Waals surface area contributed by atoms with E-state index >= 15 is 0 Å². The molecule has 1 aliphatic rings. The van der Waals surface area contributed by atoms with E-state index < -0.39 is 7.74 Å². The summed E-state index contributed by atoms with van der Waals surface area (Å²) in [5.41, 5.74) is 0. The van der Waals surface area contributed by atoms with Crippen LogP contribution in [0.1, 0.15) is 0 Å². The molecule has 10 heavy (non-hydrogen) atoms. The molecule has 0 radical (unpaired) electrons. The van der Waals surface area contributed by atoms with Crippen molar-refractivity contribution in [1.29, 1.82) is 0 Å². The van der Waals surface area contributed by atoms with Gasteiger partial charge in [0, 0.05) is 0 Å². The predicted octanol–water partition coefficient (Wildman–Crippen LogP) is -4.61. The molecule has 1 aliphatic heterocycles. The summed E-state index contributed by atoms with van der Waals surface area (Å²) < 4.78 is 6.76. The Morgan fingerprint density at radius 2 is 0.800 bits per heavy atom. The van der Waals surface area contributed by atoms with E-state index in [1.807, 2.05) is 0 Å². The maximum atomic E-state index is 7.89. The summed E-state index contributed by atoms with van der Waals surface area (Å²) in [5, 5.41) is 0. The second-order valence-electron chi connectivity index (χ2n) is 0.982. The normalized spacial score (nSPS) is 25.7. The van der Waals surface area contributed by atoms with Crippen molar-refractivity contribution in [1.82, 2.24) is 0 Å². The van der Waals surface area contributed by atoms with Gasteiger partial charge < -0.3 is 0 Å². The molecule has 0 aromatic heterocycles. The molecular weight excluding hydrogens is 271 g/mol. The standard InChI is InChI=1S/4Ca.H3O5P.8H/c;;;;1-6(2,3)4-5-6;;;;;;;;/h;;;;1-3H;;;;;;;;. The Hall–Kier alpha value is 5.27. The van der Waals surface area contributed by atoms with Crippen molar-refractivity contribution in [3.8, 4) is 0 Å². The molecule has 10 heteroatoms. The molecule has 1 fully saturated rings. The maximum absolute atomic E-state index is 7.89. The molecular formula is H11Ca4O5P. The van der Waals surface area contributed by atoms with Gasteiger partial charge in [0.05, 0.1) is 0 Å². The zero-order chi connectivity index (χ0) is 4.86. The Bertz CT molecular complexity index is 77.4. The molecule has 0 aliphatic carbocycles. The summed E-state index contributed by atoms with van der Waals surface area (Å²) in [7, 11) is -4.80. The zero-order valence-corrected chi connectivity index (χ0v) is 3.50. The first-order valence-electron chi connectivity index (χ1n) is 1.13. The van der Waals surface area contributed by atoms with E-state index in [1.165, 1.54) is 0 Å². The first-order valence-corrected chi connectivity index (χ1v) is 3.06. The Morgan fingerprint density at radius 1 is 0.700 bits per heavy atom. The number of hydrogen-bond donors (Lipinski definition) is 3. The van der Waals surface area contributed by atoms with E-state index in [9.17, 15) is 0 Å². The van der Waals surface area contributed by atoms with Crippen LogP contribution in [0.4, 0.5) is 0 Å². The second-order valence-corrected chi connectivity index (χ2v) is 2.95. The molecule has 1 saturated heterocycles. The molecule has 0 saturated carbocycles. The molecule has 1 heterocycles. The summed E-state index contributed by atoms with van der Waals surface area (Å²) in [6, 6.07) is 0. The van der Waals surface area contributed by atoms with E-state index in [0.29, 0.717) is 0 Å². The molecule has 0 atom stereocenters. The van der Waals surface area contributed by atoms with E-state index in [0.717, 1.165) is 0 Å². The van der Waals surface area contributed by atoms with Gasteiger partial charge in [-0.2, -0.15) is 0 Å². The van der Waals surface area contributed by atoms with Crippen LogP contribution in [0.2, 0.25) is 0 Å². The third kappa shape index (κ3) is 13.3. The summed E-state index contributed by atoms with van der Waals surface area (Å²) in [6.45, 7) is 0. The van der Waals surface area contributed by atoms with Gasteiger partial charge in [-0.3, -0.25) is 0 Å². The van der Waals surface area contributed by atoms with E-state index in [-0.39, 0.29) is 151 Å². The second kappa shape index (κ2) is 8.42. The van der Waals surface area contributed by atoms with Gasteiger partial charge in [0.25, 0.3) is 0 Å². The van der Waals surface area contributed by atoms with Gasteiger partial charge in [0.2, 0.25) is 0 Å². The van der Waals surface area contributed by atoms with Gasteiger partial charge in [-0.25, -0.2) is 0 Å². The Labute approximate surface area is 177 Å². The first-order chi connectivity index (χ1) is 2.47. The first kappa shape index (κ1) is 24.5. The molecule has 0 bridgehead atoms. The number of hydrogen-bond acceptors (Lipinski definition) is 5. The summed E-state index contributed by atoms with van der Waals surface area (Å²) in [6.07, 6.45) is 0. The van der Waals surface area contributed by atoms with Crippen LogP contribution >= 0.6 is 7.74 Å². The minimum atomic E-state index is -4.80. The molecule has 3 N–H and O–H groups in total. The molecule has 1 rings (SSSR count). The SMILES string of the molecule is OP1(O)(O)OO1.[CaH2].[CaH2].[CaH2].[CaH2]. The summed E-state index contributed by atoms with van der Waals surface area (Å²) >= 11 is 0. The van der Waals surface area contributed by atoms with Gasteiger partial charge >= 0.3 is 183 Å². The van der Waals surface area contributed by atoms with Crippen molar-refractivity contribution in [3.63, 3.8) is 0 Å². The Balaban J connectivity index is -0.0000000450. The van der Waals surface area contributed by atoms with Crippen molar-refractivity contribution < 1.29 is 24.0 Å². The van der Waals surface area contributed by atoms with Crippen molar-refractivity contribution in [2.24, 2.45) is 0 Å². The van der Waals surface area contributed by atoms with Gasteiger partial charge in [0.1, 0.15) is 0 Å². The van der Waals surface area contributed by atoms with Crippen LogP contribution in [0.15, 0.2) is 0 Å². The fourth-order valence-corrected chi connectivity index (χ4v) is 0.402. The van der Waals surface area contributed by atoms with Crippen LogP contribution < -0.4 is 0 Å². The van der Waals surface area contributed by atoms with Crippen LogP contribution in [0, 0.1) is 0 Å². The average Bonchev–Trinajstić information content (AvgIpc) is 1.73. The Kier molecular flexibility index (Phi) is 20.6. The van der Waals surface area contributed by atoms with Gasteiger partial charge in [0.15, 0.2) is 0 Å². The monoisotopic (exact) mass is 282 g/mol. The molecule has 0 aromatic rings.